The molecule has 0 aliphatic rings. The van der Waals surface area contributed by atoms with Crippen molar-refractivity contribution in [3.8, 4) is 6.07 Å². The average Bonchev–Trinajstić information content (AvgIpc) is 2.34. The number of hydrogen-bond donors (Lipinski definition) is 2. The van der Waals surface area contributed by atoms with Gasteiger partial charge in [-0.25, -0.2) is 9.78 Å². The van der Waals surface area contributed by atoms with Crippen LogP contribution in [-0.2, 0) is 4.79 Å². The van der Waals surface area contributed by atoms with Crippen LogP contribution in [0.25, 0.3) is 0 Å². The molecule has 17 heavy (non-hydrogen) atoms. The highest BCUT2D eigenvalue weighted by Gasteiger charge is 2.16. The van der Waals surface area contributed by atoms with Gasteiger partial charge in [-0.3, -0.25) is 0 Å². The van der Waals surface area contributed by atoms with Gasteiger partial charge in [-0.15, -0.1) is 0 Å². The van der Waals surface area contributed by atoms with Crippen molar-refractivity contribution in [1.29, 1.82) is 5.26 Å². The maximum absolute atomic E-state index is 11.0. The van der Waals surface area contributed by atoms with Crippen LogP contribution in [0.4, 0.5) is 5.82 Å². The minimum absolute atomic E-state index is 0.424. The number of carbonyl (C=O) groups is 1. The molecule has 0 fully saturated rings. The number of rotatable bonds is 6. The molecule has 2 N–H and O–H groups in total. The molecule has 1 heterocycles. The minimum atomic E-state index is -0.900. The lowest BCUT2D eigenvalue weighted by molar-refractivity contribution is -0.138. The first-order chi connectivity index (χ1) is 8.17. The number of pyridine rings is 1. The molecule has 90 valence electrons. The molecule has 5 heteroatoms. The van der Waals surface area contributed by atoms with Crippen molar-refractivity contribution >= 4 is 11.8 Å². The second kappa shape index (κ2) is 6.48. The highest BCUT2D eigenvalue weighted by atomic mass is 16.4. The fourth-order valence-electron chi connectivity index (χ4n) is 1.42. The quantitative estimate of drug-likeness (QED) is 0.784. The van der Waals surface area contributed by atoms with Crippen molar-refractivity contribution in [3.05, 3.63) is 23.9 Å². The van der Waals surface area contributed by atoms with E-state index in [1.54, 1.807) is 12.1 Å². The molecule has 0 aliphatic heterocycles. The first-order valence-electron chi connectivity index (χ1n) is 5.53. The molecule has 1 aromatic rings. The van der Waals surface area contributed by atoms with Crippen LogP contribution in [0.2, 0.25) is 0 Å². The smallest absolute Gasteiger partial charge is 0.326 e. The monoisotopic (exact) mass is 233 g/mol. The van der Waals surface area contributed by atoms with Crippen molar-refractivity contribution < 1.29 is 9.90 Å². The fraction of sp³-hybridized carbons (Fsp3) is 0.417. The topological polar surface area (TPSA) is 86.0 Å². The van der Waals surface area contributed by atoms with Crippen LogP contribution >= 0.6 is 0 Å². The standard InChI is InChI=1S/C12H15N3O2/c1-2-3-4-10(12(16)17)15-11-7-9(8-13)5-6-14-11/h5-7,10H,2-4H2,1H3,(H,14,15)(H,16,17). The van der Waals surface area contributed by atoms with Crippen LogP contribution in [0.15, 0.2) is 18.3 Å². The Morgan fingerprint density at radius 1 is 1.71 bits per heavy atom. The molecule has 0 radical (unpaired) electrons. The molecular formula is C12H15N3O2. The number of nitrogens with zero attached hydrogens (tertiary/aromatic N) is 2. The number of nitriles is 1. The second-order valence-electron chi connectivity index (χ2n) is 3.72. The molecule has 1 unspecified atom stereocenters. The van der Waals surface area contributed by atoms with Crippen LogP contribution < -0.4 is 5.32 Å². The summed E-state index contributed by atoms with van der Waals surface area (Å²) >= 11 is 0. The first-order valence-corrected chi connectivity index (χ1v) is 5.53. The lowest BCUT2D eigenvalue weighted by Gasteiger charge is -2.14. The van der Waals surface area contributed by atoms with Gasteiger partial charge in [-0.2, -0.15) is 5.26 Å². The SMILES string of the molecule is CCCCC(Nc1cc(C#N)ccn1)C(=O)O. The summed E-state index contributed by atoms with van der Waals surface area (Å²) in [6, 6.07) is 4.45. The summed E-state index contributed by atoms with van der Waals surface area (Å²) in [6.45, 7) is 2.01. The van der Waals surface area contributed by atoms with Crippen molar-refractivity contribution in [2.24, 2.45) is 0 Å². The third kappa shape index (κ3) is 4.11. The molecule has 1 aromatic heterocycles. The largest absolute Gasteiger partial charge is 0.480 e. The predicted molar refractivity (Wildman–Crippen MR) is 63.5 cm³/mol. The molecule has 0 saturated heterocycles. The number of anilines is 1. The van der Waals surface area contributed by atoms with E-state index in [9.17, 15) is 4.79 Å². The summed E-state index contributed by atoms with van der Waals surface area (Å²) in [4.78, 5) is 15.0. The van der Waals surface area contributed by atoms with Gasteiger partial charge in [0.25, 0.3) is 0 Å². The van der Waals surface area contributed by atoms with Gasteiger partial charge < -0.3 is 10.4 Å². The first kappa shape index (κ1) is 13.0. The van der Waals surface area contributed by atoms with Gasteiger partial charge in [0, 0.05) is 6.20 Å². The maximum atomic E-state index is 11.0. The number of unbranched alkanes of at least 4 members (excludes halogenated alkanes) is 1. The lowest BCUT2D eigenvalue weighted by atomic mass is 10.1. The molecule has 5 nitrogen and oxygen atoms in total. The number of hydrogen-bond acceptors (Lipinski definition) is 4. The van der Waals surface area contributed by atoms with Gasteiger partial charge in [0.15, 0.2) is 0 Å². The molecule has 0 aromatic carbocycles. The molecule has 0 spiro atoms. The van der Waals surface area contributed by atoms with Crippen LogP contribution in [0, 0.1) is 11.3 Å². The highest BCUT2D eigenvalue weighted by molar-refractivity contribution is 5.76. The zero-order valence-corrected chi connectivity index (χ0v) is 9.68. The summed E-state index contributed by atoms with van der Waals surface area (Å²) in [5.74, 6) is -0.477. The molecule has 1 rings (SSSR count). The number of carboxylic acid groups (broad SMARTS) is 1. The zero-order chi connectivity index (χ0) is 12.7. The van der Waals surface area contributed by atoms with Crippen LogP contribution in [-0.4, -0.2) is 22.1 Å². The van der Waals surface area contributed by atoms with Crippen LogP contribution in [0.1, 0.15) is 31.7 Å². The average molecular weight is 233 g/mol. The lowest BCUT2D eigenvalue weighted by Crippen LogP contribution is -2.29. The highest BCUT2D eigenvalue weighted by Crippen LogP contribution is 2.10. The number of carboxylic acids is 1. The summed E-state index contributed by atoms with van der Waals surface area (Å²) in [7, 11) is 0. The van der Waals surface area contributed by atoms with Crippen molar-refractivity contribution in [3.63, 3.8) is 0 Å². The second-order valence-corrected chi connectivity index (χ2v) is 3.72. The van der Waals surface area contributed by atoms with Crippen molar-refractivity contribution in [2.45, 2.75) is 32.2 Å². The fourth-order valence-corrected chi connectivity index (χ4v) is 1.42. The van der Waals surface area contributed by atoms with E-state index < -0.39 is 12.0 Å². The van der Waals surface area contributed by atoms with Gasteiger partial charge in [-0.1, -0.05) is 19.8 Å². The normalized spacial score (nSPS) is 11.5. The molecule has 0 saturated carbocycles. The van der Waals surface area contributed by atoms with E-state index in [1.807, 2.05) is 13.0 Å². The van der Waals surface area contributed by atoms with E-state index in [2.05, 4.69) is 10.3 Å². The summed E-state index contributed by atoms with van der Waals surface area (Å²) in [5.41, 5.74) is 0.460. The van der Waals surface area contributed by atoms with Gasteiger partial charge in [0.2, 0.25) is 0 Å². The summed E-state index contributed by atoms with van der Waals surface area (Å²) in [5, 5.41) is 20.6. The van der Waals surface area contributed by atoms with E-state index in [4.69, 9.17) is 10.4 Å². The molecule has 0 bridgehead atoms. The van der Waals surface area contributed by atoms with E-state index in [-0.39, 0.29) is 0 Å². The van der Waals surface area contributed by atoms with Gasteiger partial charge in [0.1, 0.15) is 11.9 Å². The van der Waals surface area contributed by atoms with Crippen molar-refractivity contribution in [2.75, 3.05) is 5.32 Å². The summed E-state index contributed by atoms with van der Waals surface area (Å²) < 4.78 is 0. The number of aromatic nitrogens is 1. The van der Waals surface area contributed by atoms with Crippen molar-refractivity contribution in [1.82, 2.24) is 4.98 Å². The Bertz CT molecular complexity index is 426. The third-order valence-electron chi connectivity index (χ3n) is 2.36. The Morgan fingerprint density at radius 2 is 2.47 bits per heavy atom. The third-order valence-corrected chi connectivity index (χ3v) is 2.36. The van der Waals surface area contributed by atoms with E-state index in [0.29, 0.717) is 17.8 Å². The number of aliphatic carboxylic acids is 1. The summed E-state index contributed by atoms with van der Waals surface area (Å²) in [6.07, 6.45) is 3.81. The van der Waals surface area contributed by atoms with E-state index in [1.165, 1.54) is 6.20 Å². The molecular weight excluding hydrogens is 218 g/mol. The van der Waals surface area contributed by atoms with E-state index in [0.717, 1.165) is 12.8 Å². The molecule has 1 atom stereocenters. The van der Waals surface area contributed by atoms with Gasteiger partial charge >= 0.3 is 5.97 Å². The Hall–Kier alpha value is -2.09. The predicted octanol–water partition coefficient (Wildman–Crippen LogP) is 2.01. The van der Waals surface area contributed by atoms with Gasteiger partial charge in [0.05, 0.1) is 11.6 Å². The van der Waals surface area contributed by atoms with Crippen LogP contribution in [0.5, 0.6) is 0 Å². The zero-order valence-electron chi connectivity index (χ0n) is 9.68. The van der Waals surface area contributed by atoms with Gasteiger partial charge in [-0.05, 0) is 18.6 Å². The Labute approximate surface area is 100 Å². The Kier molecular flexibility index (Phi) is 4.95. The number of nitrogens with one attached hydrogen (secondary N) is 1. The molecule has 0 amide bonds. The van der Waals surface area contributed by atoms with E-state index >= 15 is 0 Å². The maximum Gasteiger partial charge on any atom is 0.326 e. The minimum Gasteiger partial charge on any atom is -0.480 e. The molecule has 0 aliphatic carbocycles. The van der Waals surface area contributed by atoms with Crippen LogP contribution in [0.3, 0.4) is 0 Å². The Morgan fingerprint density at radius 3 is 3.06 bits per heavy atom. The Balaban J connectivity index is 2.72.